The summed E-state index contributed by atoms with van der Waals surface area (Å²) in [5, 5.41) is 0.674. The summed E-state index contributed by atoms with van der Waals surface area (Å²) in [5.74, 6) is 0.338. The van der Waals surface area contributed by atoms with Crippen molar-refractivity contribution < 1.29 is 13.9 Å². The third kappa shape index (κ3) is 3.36. The minimum Gasteiger partial charge on any atom is -0.443 e. The number of halogens is 1. The van der Waals surface area contributed by atoms with Crippen molar-refractivity contribution in [2.24, 2.45) is 0 Å². The SMILES string of the molecule is O=C(c1ncoc1-c1ccccc1)N1CCO[C@@H](c2ccc(Cl)cc2)C1. The maximum absolute atomic E-state index is 13.0. The lowest BCUT2D eigenvalue weighted by molar-refractivity contribution is -0.0229. The quantitative estimate of drug-likeness (QED) is 0.695. The van der Waals surface area contributed by atoms with Crippen LogP contribution in [-0.4, -0.2) is 35.5 Å². The number of carbonyl (C=O) groups excluding carboxylic acids is 1. The first-order valence-corrected chi connectivity index (χ1v) is 8.75. The molecule has 26 heavy (non-hydrogen) atoms. The van der Waals surface area contributed by atoms with Crippen molar-refractivity contribution in [2.75, 3.05) is 19.7 Å². The Labute approximate surface area is 156 Å². The molecule has 0 N–H and O–H groups in total. The smallest absolute Gasteiger partial charge is 0.276 e. The van der Waals surface area contributed by atoms with Crippen molar-refractivity contribution in [3.05, 3.63) is 77.3 Å². The van der Waals surface area contributed by atoms with Gasteiger partial charge in [-0.2, -0.15) is 0 Å². The van der Waals surface area contributed by atoms with E-state index in [1.54, 1.807) is 4.90 Å². The number of ether oxygens (including phenoxy) is 1. The van der Waals surface area contributed by atoms with Crippen molar-refractivity contribution in [2.45, 2.75) is 6.10 Å². The van der Waals surface area contributed by atoms with Gasteiger partial charge >= 0.3 is 0 Å². The van der Waals surface area contributed by atoms with Gasteiger partial charge < -0.3 is 14.1 Å². The molecule has 2 aromatic carbocycles. The van der Waals surface area contributed by atoms with Crippen LogP contribution in [0.4, 0.5) is 0 Å². The Balaban J connectivity index is 1.55. The number of morpholine rings is 1. The highest BCUT2D eigenvalue weighted by molar-refractivity contribution is 6.30. The van der Waals surface area contributed by atoms with Gasteiger partial charge in [-0.3, -0.25) is 4.79 Å². The van der Waals surface area contributed by atoms with Crippen LogP contribution in [0, 0.1) is 0 Å². The number of nitrogens with zero attached hydrogens (tertiary/aromatic N) is 2. The zero-order valence-electron chi connectivity index (χ0n) is 14.0. The highest BCUT2D eigenvalue weighted by Crippen LogP contribution is 2.27. The molecule has 0 spiro atoms. The van der Waals surface area contributed by atoms with Crippen LogP contribution in [0.25, 0.3) is 11.3 Å². The largest absolute Gasteiger partial charge is 0.443 e. The fourth-order valence-corrected chi connectivity index (χ4v) is 3.18. The molecule has 1 saturated heterocycles. The molecule has 1 aromatic heterocycles. The van der Waals surface area contributed by atoms with E-state index in [2.05, 4.69) is 4.98 Å². The Morgan fingerprint density at radius 1 is 1.12 bits per heavy atom. The van der Waals surface area contributed by atoms with Gasteiger partial charge in [-0.25, -0.2) is 4.98 Å². The Kier molecular flexibility index (Phi) is 4.73. The van der Waals surface area contributed by atoms with Gasteiger partial charge in [-0.15, -0.1) is 0 Å². The standard InChI is InChI=1S/C20H17ClN2O3/c21-16-8-6-14(7-9-16)17-12-23(10-11-25-17)20(24)18-19(26-13-22-18)15-4-2-1-3-5-15/h1-9,13,17H,10-12H2/t17-/m1/s1. The van der Waals surface area contributed by atoms with Gasteiger partial charge in [0, 0.05) is 17.1 Å². The Hall–Kier alpha value is -2.63. The number of hydrogen-bond acceptors (Lipinski definition) is 4. The lowest BCUT2D eigenvalue weighted by Crippen LogP contribution is -2.42. The van der Waals surface area contributed by atoms with Crippen LogP contribution in [0.1, 0.15) is 22.2 Å². The first-order valence-electron chi connectivity index (χ1n) is 8.37. The molecule has 132 valence electrons. The van der Waals surface area contributed by atoms with Crippen molar-refractivity contribution in [3.8, 4) is 11.3 Å². The first kappa shape index (κ1) is 16.8. The fourth-order valence-electron chi connectivity index (χ4n) is 3.06. The number of aromatic nitrogens is 1. The minimum absolute atomic E-state index is 0.153. The van der Waals surface area contributed by atoms with E-state index in [-0.39, 0.29) is 12.0 Å². The summed E-state index contributed by atoms with van der Waals surface area (Å²) in [4.78, 5) is 18.9. The average Bonchev–Trinajstić information content (AvgIpc) is 3.18. The number of benzene rings is 2. The van der Waals surface area contributed by atoms with E-state index < -0.39 is 0 Å². The normalized spacial score (nSPS) is 17.3. The number of hydrogen-bond donors (Lipinski definition) is 0. The Bertz CT molecular complexity index is 893. The van der Waals surface area contributed by atoms with Crippen molar-refractivity contribution in [1.29, 1.82) is 0 Å². The zero-order chi connectivity index (χ0) is 17.9. The monoisotopic (exact) mass is 368 g/mol. The third-order valence-electron chi connectivity index (χ3n) is 4.40. The molecule has 3 aromatic rings. The van der Waals surface area contributed by atoms with E-state index >= 15 is 0 Å². The second-order valence-electron chi connectivity index (χ2n) is 6.06. The van der Waals surface area contributed by atoms with Crippen LogP contribution in [0.5, 0.6) is 0 Å². The van der Waals surface area contributed by atoms with Crippen molar-refractivity contribution in [3.63, 3.8) is 0 Å². The van der Waals surface area contributed by atoms with Crippen molar-refractivity contribution >= 4 is 17.5 Å². The van der Waals surface area contributed by atoms with Crippen LogP contribution < -0.4 is 0 Å². The molecule has 1 amide bonds. The van der Waals surface area contributed by atoms with E-state index in [4.69, 9.17) is 20.8 Å². The predicted octanol–water partition coefficient (Wildman–Crippen LogP) is 4.21. The van der Waals surface area contributed by atoms with Crippen LogP contribution >= 0.6 is 11.6 Å². The summed E-state index contributed by atoms with van der Waals surface area (Å²) in [7, 11) is 0. The summed E-state index contributed by atoms with van der Waals surface area (Å²) in [6.07, 6.45) is 1.13. The molecule has 5 nitrogen and oxygen atoms in total. The Morgan fingerprint density at radius 3 is 2.65 bits per heavy atom. The maximum Gasteiger partial charge on any atom is 0.276 e. The summed E-state index contributed by atoms with van der Waals surface area (Å²) in [5.41, 5.74) is 2.15. The second kappa shape index (κ2) is 7.32. The minimum atomic E-state index is -0.183. The molecule has 4 rings (SSSR count). The molecular formula is C20H17ClN2O3. The van der Waals surface area contributed by atoms with Gasteiger partial charge in [-0.1, -0.05) is 54.1 Å². The Morgan fingerprint density at radius 2 is 1.88 bits per heavy atom. The molecule has 0 aliphatic carbocycles. The second-order valence-corrected chi connectivity index (χ2v) is 6.49. The van der Waals surface area contributed by atoms with E-state index in [0.29, 0.717) is 36.2 Å². The van der Waals surface area contributed by atoms with Gasteiger partial charge in [0.15, 0.2) is 17.8 Å². The topological polar surface area (TPSA) is 55.6 Å². The number of amides is 1. The van der Waals surface area contributed by atoms with Crippen molar-refractivity contribution in [1.82, 2.24) is 9.88 Å². The molecule has 0 radical (unpaired) electrons. The van der Waals surface area contributed by atoms with E-state index in [9.17, 15) is 4.79 Å². The summed E-state index contributed by atoms with van der Waals surface area (Å²) in [6, 6.07) is 17.0. The molecular weight excluding hydrogens is 352 g/mol. The molecule has 1 aliphatic rings. The van der Waals surface area contributed by atoms with Crippen LogP contribution in [0.3, 0.4) is 0 Å². The molecule has 1 atom stereocenters. The summed E-state index contributed by atoms with van der Waals surface area (Å²) >= 11 is 5.95. The molecule has 1 fully saturated rings. The van der Waals surface area contributed by atoms with Gasteiger partial charge in [0.05, 0.1) is 13.2 Å². The molecule has 1 aliphatic heterocycles. The lowest BCUT2D eigenvalue weighted by Gasteiger charge is -2.33. The van der Waals surface area contributed by atoms with E-state index in [0.717, 1.165) is 11.1 Å². The van der Waals surface area contributed by atoms with E-state index in [1.165, 1.54) is 6.39 Å². The molecule has 2 heterocycles. The third-order valence-corrected chi connectivity index (χ3v) is 4.65. The van der Waals surface area contributed by atoms with E-state index in [1.807, 2.05) is 54.6 Å². The molecule has 0 bridgehead atoms. The van der Waals surface area contributed by atoms with Crippen LogP contribution in [0.15, 0.2) is 65.4 Å². The van der Waals surface area contributed by atoms with Gasteiger partial charge in [0.2, 0.25) is 0 Å². The van der Waals surface area contributed by atoms with Gasteiger partial charge in [-0.05, 0) is 17.7 Å². The van der Waals surface area contributed by atoms with Crippen LogP contribution in [0.2, 0.25) is 5.02 Å². The van der Waals surface area contributed by atoms with Crippen LogP contribution in [-0.2, 0) is 4.74 Å². The predicted molar refractivity (Wildman–Crippen MR) is 98.0 cm³/mol. The summed E-state index contributed by atoms with van der Waals surface area (Å²) < 4.78 is 11.3. The highest BCUT2D eigenvalue weighted by Gasteiger charge is 2.29. The zero-order valence-corrected chi connectivity index (χ0v) is 14.7. The highest BCUT2D eigenvalue weighted by atomic mass is 35.5. The fraction of sp³-hybridized carbons (Fsp3) is 0.200. The lowest BCUT2D eigenvalue weighted by atomic mass is 10.1. The number of carbonyl (C=O) groups is 1. The summed E-state index contributed by atoms with van der Waals surface area (Å²) in [6.45, 7) is 1.45. The number of oxazole rings is 1. The molecule has 0 unspecified atom stereocenters. The average molecular weight is 369 g/mol. The molecule has 6 heteroatoms. The number of rotatable bonds is 3. The molecule has 0 saturated carbocycles. The first-order chi connectivity index (χ1) is 12.7. The van der Waals surface area contributed by atoms with Gasteiger partial charge in [0.25, 0.3) is 5.91 Å². The van der Waals surface area contributed by atoms with Gasteiger partial charge in [0.1, 0.15) is 6.10 Å². The maximum atomic E-state index is 13.0.